The molecule has 0 radical (unpaired) electrons. The van der Waals surface area contributed by atoms with Crippen molar-refractivity contribution in [2.24, 2.45) is 0 Å². The lowest BCUT2D eigenvalue weighted by atomic mass is 10.1. The molecule has 5 heteroatoms. The summed E-state index contributed by atoms with van der Waals surface area (Å²) in [6.45, 7) is 1.78. The van der Waals surface area contributed by atoms with Gasteiger partial charge in [-0.1, -0.05) is 17.7 Å². The summed E-state index contributed by atoms with van der Waals surface area (Å²) < 4.78 is 37.4. The third-order valence-corrected chi connectivity index (χ3v) is 2.51. The van der Waals surface area contributed by atoms with Gasteiger partial charge in [0, 0.05) is 5.39 Å². The van der Waals surface area contributed by atoms with Gasteiger partial charge in [0.1, 0.15) is 5.15 Å². The second-order valence-electron chi connectivity index (χ2n) is 3.49. The van der Waals surface area contributed by atoms with Crippen molar-refractivity contribution < 1.29 is 13.2 Å². The van der Waals surface area contributed by atoms with Gasteiger partial charge in [-0.3, -0.25) is 0 Å². The average molecular weight is 246 g/mol. The first-order valence-corrected chi connectivity index (χ1v) is 4.90. The summed E-state index contributed by atoms with van der Waals surface area (Å²) in [7, 11) is 0. The fraction of sp³-hybridized carbons (Fsp3) is 0.182. The van der Waals surface area contributed by atoms with Crippen LogP contribution < -0.4 is 0 Å². The van der Waals surface area contributed by atoms with E-state index in [2.05, 4.69) is 4.98 Å². The topological polar surface area (TPSA) is 12.9 Å². The number of halogens is 4. The molecule has 1 aromatic heterocycles. The predicted octanol–water partition coefficient (Wildman–Crippen LogP) is 4.22. The molecule has 0 fully saturated rings. The maximum atomic E-state index is 12.5. The maximum Gasteiger partial charge on any atom is 0.416 e. The number of nitrogens with zero attached hydrogens (tertiary/aromatic N) is 1. The molecule has 16 heavy (non-hydrogen) atoms. The molecule has 1 nitrogen and oxygen atoms in total. The lowest BCUT2D eigenvalue weighted by Crippen LogP contribution is -2.04. The Bertz CT molecular complexity index is 549. The zero-order valence-corrected chi connectivity index (χ0v) is 9.02. The summed E-state index contributed by atoms with van der Waals surface area (Å²) in [5.74, 6) is 0. The third-order valence-electron chi connectivity index (χ3n) is 2.31. The van der Waals surface area contributed by atoms with Gasteiger partial charge in [0.2, 0.25) is 0 Å². The van der Waals surface area contributed by atoms with Gasteiger partial charge in [-0.05, 0) is 30.7 Å². The highest BCUT2D eigenvalue weighted by molar-refractivity contribution is 6.29. The number of pyridine rings is 1. The van der Waals surface area contributed by atoms with Crippen LogP contribution >= 0.6 is 11.6 Å². The van der Waals surface area contributed by atoms with E-state index in [1.807, 2.05) is 0 Å². The average Bonchev–Trinajstić information content (AvgIpc) is 2.15. The van der Waals surface area contributed by atoms with E-state index >= 15 is 0 Å². The van der Waals surface area contributed by atoms with Gasteiger partial charge >= 0.3 is 6.18 Å². The van der Waals surface area contributed by atoms with Gasteiger partial charge in [0.15, 0.2) is 0 Å². The summed E-state index contributed by atoms with van der Waals surface area (Å²) in [5.41, 5.74) is 0.359. The monoisotopic (exact) mass is 245 g/mol. The van der Waals surface area contributed by atoms with Gasteiger partial charge in [-0.25, -0.2) is 4.98 Å². The Morgan fingerprint density at radius 1 is 1.19 bits per heavy atom. The molecule has 0 atom stereocenters. The Morgan fingerprint density at radius 3 is 2.50 bits per heavy atom. The van der Waals surface area contributed by atoms with E-state index in [1.165, 1.54) is 6.07 Å². The minimum Gasteiger partial charge on any atom is -0.236 e. The van der Waals surface area contributed by atoms with Crippen LogP contribution in [0.1, 0.15) is 11.1 Å². The summed E-state index contributed by atoms with van der Waals surface area (Å²) in [4.78, 5) is 3.88. The number of aromatic nitrogens is 1. The Balaban J connectivity index is 2.71. The zero-order chi connectivity index (χ0) is 11.9. The molecule has 0 aliphatic heterocycles. The number of aryl methyl sites for hydroxylation is 1. The van der Waals surface area contributed by atoms with Crippen LogP contribution in [0.3, 0.4) is 0 Å². The molecule has 2 aromatic rings. The molecule has 1 heterocycles. The predicted molar refractivity (Wildman–Crippen MR) is 56.5 cm³/mol. The quantitative estimate of drug-likeness (QED) is 0.634. The van der Waals surface area contributed by atoms with E-state index in [1.54, 1.807) is 13.0 Å². The van der Waals surface area contributed by atoms with Crippen molar-refractivity contribution in [2.45, 2.75) is 13.1 Å². The minimum atomic E-state index is -4.36. The Hall–Kier alpha value is -1.29. The summed E-state index contributed by atoms with van der Waals surface area (Å²) >= 11 is 5.70. The Morgan fingerprint density at radius 2 is 1.88 bits per heavy atom. The van der Waals surface area contributed by atoms with Crippen LogP contribution in [0.15, 0.2) is 24.3 Å². The molecule has 0 saturated heterocycles. The highest BCUT2D eigenvalue weighted by atomic mass is 35.5. The maximum absolute atomic E-state index is 12.5. The molecule has 0 aliphatic rings. The van der Waals surface area contributed by atoms with Crippen molar-refractivity contribution in [2.75, 3.05) is 0 Å². The first kappa shape index (κ1) is 11.2. The standard InChI is InChI=1S/C11H7ClF3N/c1-6-4-10(12)16-9-5-7(11(13,14)15)2-3-8(6)9/h2-5H,1H3. The van der Waals surface area contributed by atoms with Crippen molar-refractivity contribution in [3.8, 4) is 0 Å². The lowest BCUT2D eigenvalue weighted by Gasteiger charge is -2.08. The SMILES string of the molecule is Cc1cc(Cl)nc2cc(C(F)(F)F)ccc12. The molecule has 0 N–H and O–H groups in total. The molecule has 2 rings (SSSR count). The van der Waals surface area contributed by atoms with Crippen LogP contribution in [0, 0.1) is 6.92 Å². The van der Waals surface area contributed by atoms with Crippen molar-refractivity contribution in [1.82, 2.24) is 4.98 Å². The van der Waals surface area contributed by atoms with Crippen LogP contribution in [0.4, 0.5) is 13.2 Å². The van der Waals surface area contributed by atoms with Crippen molar-refractivity contribution in [3.05, 3.63) is 40.5 Å². The smallest absolute Gasteiger partial charge is 0.236 e. The molecule has 0 bridgehead atoms. The number of hydrogen-bond donors (Lipinski definition) is 0. The van der Waals surface area contributed by atoms with Crippen molar-refractivity contribution in [1.29, 1.82) is 0 Å². The van der Waals surface area contributed by atoms with Gasteiger partial charge in [-0.2, -0.15) is 13.2 Å². The fourth-order valence-corrected chi connectivity index (χ4v) is 1.79. The summed E-state index contributed by atoms with van der Waals surface area (Å²) in [6.07, 6.45) is -4.36. The van der Waals surface area contributed by atoms with Gasteiger partial charge in [0.25, 0.3) is 0 Å². The normalized spacial score (nSPS) is 12.1. The first-order chi connectivity index (χ1) is 7.38. The van der Waals surface area contributed by atoms with Gasteiger partial charge in [0.05, 0.1) is 11.1 Å². The zero-order valence-electron chi connectivity index (χ0n) is 8.27. The molecular formula is C11H7ClF3N. The highest BCUT2D eigenvalue weighted by Gasteiger charge is 2.30. The molecule has 0 unspecified atom stereocenters. The van der Waals surface area contributed by atoms with E-state index in [0.29, 0.717) is 5.39 Å². The van der Waals surface area contributed by atoms with Crippen molar-refractivity contribution >= 4 is 22.5 Å². The van der Waals surface area contributed by atoms with Crippen LogP contribution in [-0.2, 0) is 6.18 Å². The summed E-state index contributed by atoms with van der Waals surface area (Å²) in [6, 6.07) is 5.09. The highest BCUT2D eigenvalue weighted by Crippen LogP contribution is 2.32. The van der Waals surface area contributed by atoms with Gasteiger partial charge < -0.3 is 0 Å². The second kappa shape index (κ2) is 3.63. The van der Waals surface area contributed by atoms with E-state index in [-0.39, 0.29) is 10.7 Å². The molecular weight excluding hydrogens is 239 g/mol. The molecule has 0 spiro atoms. The van der Waals surface area contributed by atoms with E-state index in [9.17, 15) is 13.2 Å². The molecule has 1 aromatic carbocycles. The van der Waals surface area contributed by atoms with Gasteiger partial charge in [-0.15, -0.1) is 0 Å². The van der Waals surface area contributed by atoms with Crippen LogP contribution in [0.5, 0.6) is 0 Å². The number of rotatable bonds is 0. The number of fused-ring (bicyclic) bond motifs is 1. The lowest BCUT2D eigenvalue weighted by molar-refractivity contribution is -0.137. The summed E-state index contributed by atoms with van der Waals surface area (Å²) in [5, 5.41) is 0.877. The van der Waals surface area contributed by atoms with E-state index in [0.717, 1.165) is 17.7 Å². The minimum absolute atomic E-state index is 0.198. The van der Waals surface area contributed by atoms with Crippen molar-refractivity contribution in [3.63, 3.8) is 0 Å². The molecule has 84 valence electrons. The third kappa shape index (κ3) is 1.97. The fourth-order valence-electron chi connectivity index (χ4n) is 1.54. The number of alkyl halides is 3. The molecule has 0 saturated carbocycles. The Kier molecular flexibility index (Phi) is 2.54. The van der Waals surface area contributed by atoms with E-state index in [4.69, 9.17) is 11.6 Å². The Labute approximate surface area is 94.9 Å². The number of hydrogen-bond acceptors (Lipinski definition) is 1. The first-order valence-electron chi connectivity index (χ1n) is 4.52. The van der Waals surface area contributed by atoms with Crippen LogP contribution in [0.2, 0.25) is 5.15 Å². The van der Waals surface area contributed by atoms with Crippen LogP contribution in [0.25, 0.3) is 10.9 Å². The second-order valence-corrected chi connectivity index (χ2v) is 3.88. The van der Waals surface area contributed by atoms with Crippen LogP contribution in [-0.4, -0.2) is 4.98 Å². The molecule has 0 amide bonds. The molecule has 0 aliphatic carbocycles. The van der Waals surface area contributed by atoms with E-state index < -0.39 is 11.7 Å². The number of benzene rings is 1. The largest absolute Gasteiger partial charge is 0.416 e.